The van der Waals surface area contributed by atoms with Crippen LogP contribution in [-0.2, 0) is 98.7 Å². The molecular formula is C45H137N13O21S7. The number of hydrogen-bond acceptors (Lipinski definition) is 24. The lowest BCUT2D eigenvalue weighted by Crippen LogP contribution is -2.19. The smallest absolute Gasteiger partial charge is 0.302 e. The van der Waals surface area contributed by atoms with E-state index in [9.17, 15) is 78.1 Å². The second kappa shape index (κ2) is 92.8. The summed E-state index contributed by atoms with van der Waals surface area (Å²) in [5.74, 6) is -1.31. The number of aliphatic carboxylic acids is 1. The van der Waals surface area contributed by atoms with Crippen molar-refractivity contribution in [3.63, 3.8) is 0 Å². The first-order valence-corrected chi connectivity index (χ1v) is 34.9. The molecule has 0 fully saturated rings. The molecule has 0 radical (unpaired) electrons. The van der Waals surface area contributed by atoms with Crippen LogP contribution in [0.25, 0.3) is 0 Å². The van der Waals surface area contributed by atoms with E-state index in [-0.39, 0.29) is 68.3 Å². The average Bonchev–Trinajstić information content (AvgIpc) is 3.16. The Bertz CT molecular complexity index is 2020. The monoisotopic (exact) mass is 1420 g/mol. The highest BCUT2D eigenvalue weighted by Crippen LogP contribution is 1.83. The lowest BCUT2D eigenvalue weighted by molar-refractivity contribution is -0.138. The van der Waals surface area contributed by atoms with Gasteiger partial charge in [0, 0.05) is 96.5 Å². The van der Waals surface area contributed by atoms with Crippen LogP contribution in [0.2, 0.25) is 0 Å². The number of carbonyl (C=O) groups is 5. The molecular weight excluding hydrogens is 1280 g/mol. The Morgan fingerprint density at radius 1 is 0.419 bits per heavy atom. The van der Waals surface area contributed by atoms with Gasteiger partial charge in [-0.1, -0.05) is 44.6 Å². The number of hydrogen-bond donors (Lipinski definition) is 9. The van der Waals surface area contributed by atoms with Crippen molar-refractivity contribution in [1.82, 2.24) is 53.4 Å². The molecule has 0 saturated heterocycles. The van der Waals surface area contributed by atoms with Crippen molar-refractivity contribution in [2.24, 2.45) is 10.9 Å². The third-order valence-electron chi connectivity index (χ3n) is 3.71. The lowest BCUT2D eigenvalue weighted by atomic mass is 10.7. The fraction of sp³-hybridized carbons (Fsp3) is 0.889. The first-order valence-electron chi connectivity index (χ1n) is 21.3. The summed E-state index contributed by atoms with van der Waals surface area (Å²) in [6.07, 6.45) is 8.89. The van der Waals surface area contributed by atoms with E-state index >= 15 is 0 Å². The maximum atomic E-state index is 10.3. The summed E-state index contributed by atoms with van der Waals surface area (Å²) in [5.41, 5.74) is 4.47. The summed E-state index contributed by atoms with van der Waals surface area (Å²) >= 11 is 0. The number of methoxy groups -OCH3 is 1. The highest BCUT2D eigenvalue weighted by molar-refractivity contribution is 7.90. The molecule has 0 aromatic carbocycles. The third-order valence-corrected chi connectivity index (χ3v) is 8.59. The van der Waals surface area contributed by atoms with Gasteiger partial charge in [0.2, 0.25) is 77.9 Å². The number of amides is 3. The van der Waals surface area contributed by atoms with E-state index in [1.165, 1.54) is 89.0 Å². The van der Waals surface area contributed by atoms with Crippen LogP contribution >= 0.6 is 0 Å². The van der Waals surface area contributed by atoms with Gasteiger partial charge in [0.1, 0.15) is 9.84 Å². The van der Waals surface area contributed by atoms with Crippen LogP contribution in [0.3, 0.4) is 0 Å². The number of sulfonamides is 6. The molecule has 0 aliphatic carbocycles. The molecule has 34 nitrogen and oxygen atoms in total. The zero-order chi connectivity index (χ0) is 70.2. The standard InChI is InChI=1S/C4H9NO.2C3H9NO2S.C3H7NO.2C3H9N.C3H6O2.3C2H7NO2S.C2H5NO.2C2H7N.C2H6O2S.C2H4O2.CH5NO2S.6CH4/c1-4(6)5(2)3;2*1-4(2)7(3,5)6;1-3(5)4-2;2*1-4(2)3;1-3(4)5-2;3*1-3-6(2,4)5;1-2(3)4;2*1-3-2;1-5(2,3)4;1-2(3)4;1-5(2,3)4;;;;;;/h1-3H3;2*1-3H3;1-2H3,(H,4,5);2*1-3H3;1-2H3;3*3H,1-2H3;1H3,(H2,3,4);2*3H,1-2H3;1-2H3;1H3,(H,3,4);1H3,(H2,2,3,4);6*1H4. The van der Waals surface area contributed by atoms with Crippen LogP contribution in [0.15, 0.2) is 0 Å². The van der Waals surface area contributed by atoms with Crippen LogP contribution in [0.5, 0.6) is 0 Å². The van der Waals surface area contributed by atoms with Crippen LogP contribution in [-0.4, -0.2) is 315 Å². The minimum atomic E-state index is -3.17. The maximum Gasteiger partial charge on any atom is 0.302 e. The summed E-state index contributed by atoms with van der Waals surface area (Å²) < 4.78 is 151. The predicted molar refractivity (Wildman–Crippen MR) is 368 cm³/mol. The van der Waals surface area contributed by atoms with Gasteiger partial charge < -0.3 is 46.2 Å². The molecule has 86 heavy (non-hydrogen) atoms. The summed E-state index contributed by atoms with van der Waals surface area (Å²) in [6.45, 7) is 6.75. The van der Waals surface area contributed by atoms with E-state index in [1.54, 1.807) is 21.1 Å². The summed E-state index contributed by atoms with van der Waals surface area (Å²) in [5, 5.41) is 19.6. The number of nitrogens with two attached hydrogens (primary N) is 2. The number of carboxylic acid groups (broad SMARTS) is 1. The Labute approximate surface area is 531 Å². The van der Waals surface area contributed by atoms with E-state index in [1.807, 2.05) is 80.3 Å². The molecule has 0 spiro atoms. The predicted octanol–water partition coefficient (Wildman–Crippen LogP) is -1.47. The molecule has 550 valence electrons. The maximum absolute atomic E-state index is 10.3. The van der Waals surface area contributed by atoms with Crippen LogP contribution < -0.4 is 41.0 Å². The van der Waals surface area contributed by atoms with Gasteiger partial charge in [-0.25, -0.2) is 86.8 Å². The van der Waals surface area contributed by atoms with Crippen LogP contribution in [0.4, 0.5) is 0 Å². The van der Waals surface area contributed by atoms with Crippen molar-refractivity contribution in [2.45, 2.75) is 79.2 Å². The van der Waals surface area contributed by atoms with Gasteiger partial charge in [-0.15, -0.1) is 0 Å². The van der Waals surface area contributed by atoms with Gasteiger partial charge in [0.15, 0.2) is 0 Å². The molecule has 0 aliphatic rings. The topological polar surface area (TPSA) is 494 Å². The van der Waals surface area contributed by atoms with Gasteiger partial charge >= 0.3 is 5.97 Å². The van der Waals surface area contributed by atoms with Crippen molar-refractivity contribution in [3.05, 3.63) is 0 Å². The second-order valence-corrected chi connectivity index (χ2v) is 29.9. The van der Waals surface area contributed by atoms with Gasteiger partial charge in [-0.3, -0.25) is 24.0 Å². The number of carboxylic acids is 1. The Morgan fingerprint density at radius 3 is 0.477 bits per heavy atom. The van der Waals surface area contributed by atoms with Crippen molar-refractivity contribution < 1.29 is 92.7 Å². The first-order chi connectivity index (χ1) is 34.5. The molecule has 0 heterocycles. The Balaban J connectivity index is -0.0000000254. The fourth-order valence-corrected chi connectivity index (χ4v) is 0. The van der Waals surface area contributed by atoms with Crippen molar-refractivity contribution >= 4 is 99.6 Å². The molecule has 0 aromatic rings. The zero-order valence-electron chi connectivity index (χ0n) is 54.4. The summed E-state index contributed by atoms with van der Waals surface area (Å²) in [7, 11) is 15.6. The molecule has 11 N–H and O–H groups in total. The van der Waals surface area contributed by atoms with Gasteiger partial charge in [-0.05, 0) is 91.6 Å². The van der Waals surface area contributed by atoms with Gasteiger partial charge in [0.25, 0.3) is 5.97 Å². The highest BCUT2D eigenvalue weighted by Gasteiger charge is 2.01. The molecule has 0 bridgehead atoms. The number of primary amides is 1. The molecule has 0 unspecified atom stereocenters. The number of esters is 1. The molecule has 41 heteroatoms. The fourth-order valence-electron chi connectivity index (χ4n) is 0. The number of nitrogens with one attached hydrogen (secondary N) is 6. The number of rotatable bonds is 5. The first kappa shape index (κ1) is 150. The van der Waals surface area contributed by atoms with E-state index < -0.39 is 75.9 Å². The highest BCUT2D eigenvalue weighted by atomic mass is 32.2. The second-order valence-electron chi connectivity index (χ2n) is 15.7. The molecule has 0 aromatic heterocycles. The van der Waals surface area contributed by atoms with Crippen molar-refractivity contribution in [2.75, 3.05) is 198 Å². The van der Waals surface area contributed by atoms with Crippen LogP contribution in [0.1, 0.15) is 79.2 Å². The largest absolute Gasteiger partial charge is 0.481 e. The molecule has 0 aliphatic heterocycles. The minimum absolute atomic E-state index is 0. The van der Waals surface area contributed by atoms with E-state index in [4.69, 9.17) is 9.90 Å². The number of carbonyl (C=O) groups excluding carboxylic acids is 4. The SMILES string of the molecule is C.C.C.C.C.C.CC(=O)N(C)C.CC(=O)O.CC(N)=O.CN(C)C.CN(C)C.CN(C)S(C)(=O)=O.CN(C)S(C)(=O)=O.CNC.CNC.CNC(C)=O.CNS(C)(=O)=O.CNS(C)(=O)=O.CNS(C)(=O)=O.COC(C)=O.CS(C)(=O)=O.CS(N)(=O)=O. The normalized spacial score (nSPS) is 9.01. The Morgan fingerprint density at radius 2 is 0.477 bits per heavy atom. The lowest BCUT2D eigenvalue weighted by Gasteiger charge is -2.02. The third kappa shape index (κ3) is 779. The Kier molecular flexibility index (Phi) is 162. The molecule has 0 saturated carbocycles. The number of ether oxygens (including phenoxy) is 1. The Hall–Kier alpha value is -3.40. The number of sulfone groups is 1. The molecule has 0 atom stereocenters. The van der Waals surface area contributed by atoms with Crippen molar-refractivity contribution in [1.29, 1.82) is 0 Å². The van der Waals surface area contributed by atoms with Gasteiger partial charge in [0.05, 0.1) is 44.6 Å². The summed E-state index contributed by atoms with van der Waals surface area (Å²) in [4.78, 5) is 53.1. The van der Waals surface area contributed by atoms with E-state index in [0.29, 0.717) is 0 Å². The van der Waals surface area contributed by atoms with E-state index in [2.05, 4.69) is 45.7 Å². The average molecular weight is 1420 g/mol. The molecule has 0 rings (SSSR count). The summed E-state index contributed by atoms with van der Waals surface area (Å²) in [6, 6.07) is 0. The van der Waals surface area contributed by atoms with Crippen LogP contribution in [0, 0.1) is 0 Å². The number of nitrogens with zero attached hydrogens (tertiary/aromatic N) is 5. The number of primary sulfonamides is 1. The van der Waals surface area contributed by atoms with Gasteiger partial charge in [-0.2, -0.15) is 0 Å². The quantitative estimate of drug-likeness (QED) is 0.142. The molecule has 3 amide bonds. The van der Waals surface area contributed by atoms with Crippen molar-refractivity contribution in [3.8, 4) is 0 Å². The van der Waals surface area contributed by atoms with E-state index in [0.717, 1.165) is 65.6 Å². The minimum Gasteiger partial charge on any atom is -0.481 e. The zero-order valence-corrected chi connectivity index (χ0v) is 60.1.